The van der Waals surface area contributed by atoms with Crippen molar-refractivity contribution in [1.29, 1.82) is 0 Å². The normalized spacial score (nSPS) is 19.5. The maximum absolute atomic E-state index is 12.7. The highest BCUT2D eigenvalue weighted by atomic mass is 32.2. The van der Waals surface area contributed by atoms with Crippen molar-refractivity contribution in [2.75, 3.05) is 16.8 Å². The summed E-state index contributed by atoms with van der Waals surface area (Å²) in [7, 11) is 0. The van der Waals surface area contributed by atoms with Crippen molar-refractivity contribution in [3.63, 3.8) is 0 Å². The second-order valence-electron chi connectivity index (χ2n) is 6.62. The maximum Gasteiger partial charge on any atom is 0.352 e. The van der Waals surface area contributed by atoms with E-state index in [2.05, 4.69) is 25.8 Å². The lowest BCUT2D eigenvalue weighted by Crippen LogP contribution is -2.71. The Morgan fingerprint density at radius 3 is 2.82 bits per heavy atom. The first kappa shape index (κ1) is 23.3. The van der Waals surface area contributed by atoms with Crippen LogP contribution in [-0.4, -0.2) is 78.1 Å². The number of carboxylic acid groups (broad SMARTS) is 1. The van der Waals surface area contributed by atoms with Gasteiger partial charge < -0.3 is 15.7 Å². The number of hydrogen-bond donors (Lipinski definition) is 3. The highest BCUT2D eigenvalue weighted by Crippen LogP contribution is 2.41. The topological polar surface area (TPSA) is 172 Å². The van der Waals surface area contributed by atoms with Crippen molar-refractivity contribution in [3.8, 4) is 0 Å². The van der Waals surface area contributed by atoms with Gasteiger partial charge in [0.05, 0.1) is 0 Å². The zero-order valence-electron chi connectivity index (χ0n) is 16.6. The number of thiazole rings is 1. The molecule has 2 aromatic heterocycles. The number of nitrogens with zero attached hydrogens (tertiary/aromatic N) is 4. The van der Waals surface area contributed by atoms with E-state index in [1.807, 2.05) is 6.92 Å². The number of anilines is 1. The summed E-state index contributed by atoms with van der Waals surface area (Å²) >= 11 is 5.01. The summed E-state index contributed by atoms with van der Waals surface area (Å²) in [4.78, 5) is 64.8. The summed E-state index contributed by atoms with van der Waals surface area (Å²) in [6.07, 6.45) is 0.393. The molecule has 0 spiro atoms. The molecule has 3 N–H and O–H groups in total. The lowest BCUT2D eigenvalue weighted by atomic mass is 10.0. The van der Waals surface area contributed by atoms with Crippen molar-refractivity contribution in [1.82, 2.24) is 25.4 Å². The van der Waals surface area contributed by atoms with Gasteiger partial charge in [-0.1, -0.05) is 23.1 Å². The Labute approximate surface area is 202 Å². The molecule has 1 unspecified atom stereocenters. The summed E-state index contributed by atoms with van der Waals surface area (Å²) in [6, 6.07) is -1.04. The van der Waals surface area contributed by atoms with Gasteiger partial charge in [-0.25, -0.2) is 9.78 Å². The third kappa shape index (κ3) is 4.64. The van der Waals surface area contributed by atoms with Gasteiger partial charge >= 0.3 is 5.97 Å². The van der Waals surface area contributed by atoms with Gasteiger partial charge in [-0.3, -0.25) is 24.1 Å². The smallest absolute Gasteiger partial charge is 0.352 e. The largest absolute Gasteiger partial charge is 0.477 e. The van der Waals surface area contributed by atoms with Gasteiger partial charge in [0.2, 0.25) is 6.41 Å². The van der Waals surface area contributed by atoms with Gasteiger partial charge in [-0.05, 0) is 12.5 Å². The quantitative estimate of drug-likeness (QED) is 0.137. The zero-order valence-corrected chi connectivity index (χ0v) is 19.9. The molecule has 1 fully saturated rings. The number of Topliss-reactive ketones (excluding diaryl/α,β-unsaturated/α-hetero) is 1. The Bertz CT molecular complexity index is 1190. The van der Waals surface area contributed by atoms with Crippen molar-refractivity contribution in [2.45, 2.75) is 22.7 Å². The molecule has 0 bridgehead atoms. The van der Waals surface area contributed by atoms with Gasteiger partial charge in [0.25, 0.3) is 17.6 Å². The Morgan fingerprint density at radius 1 is 1.36 bits per heavy atom. The van der Waals surface area contributed by atoms with E-state index in [4.69, 9.17) is 0 Å². The van der Waals surface area contributed by atoms with E-state index in [1.54, 1.807) is 0 Å². The zero-order chi connectivity index (χ0) is 23.7. The third-order valence-electron chi connectivity index (χ3n) is 4.54. The first-order valence-corrected chi connectivity index (χ1v) is 12.9. The summed E-state index contributed by atoms with van der Waals surface area (Å²) < 4.78 is 0.698. The van der Waals surface area contributed by atoms with E-state index in [1.165, 1.54) is 40.2 Å². The molecule has 0 aromatic carbocycles. The molecule has 2 aliphatic rings. The molecule has 33 heavy (non-hydrogen) atoms. The number of ketones is 1. The molecule has 2 aliphatic heterocycles. The number of aliphatic carboxylic acids is 1. The molecule has 2 aromatic rings. The predicted octanol–water partition coefficient (Wildman–Crippen LogP) is 0.585. The minimum Gasteiger partial charge on any atom is -0.477 e. The number of carboxylic acids is 1. The van der Waals surface area contributed by atoms with Crippen LogP contribution in [0.1, 0.15) is 15.5 Å². The number of aromatic nitrogens is 3. The van der Waals surface area contributed by atoms with Gasteiger partial charge in [-0.2, -0.15) is 0 Å². The molecular formula is C17H14N6O6S4. The number of carbonyl (C=O) groups is 5. The summed E-state index contributed by atoms with van der Waals surface area (Å²) in [5, 5.41) is 23.9. The molecule has 2 atom stereocenters. The van der Waals surface area contributed by atoms with Gasteiger partial charge in [0.15, 0.2) is 9.47 Å². The average Bonchev–Trinajstić information content (AvgIpc) is 3.43. The number of fused-ring (bicyclic) bond motifs is 1. The van der Waals surface area contributed by atoms with Crippen LogP contribution in [0.5, 0.6) is 0 Å². The molecule has 0 aliphatic carbocycles. The van der Waals surface area contributed by atoms with Crippen molar-refractivity contribution in [2.24, 2.45) is 0 Å². The number of aryl methyl sites for hydroxylation is 1. The van der Waals surface area contributed by atoms with Crippen LogP contribution in [0.2, 0.25) is 0 Å². The molecule has 16 heteroatoms. The highest BCUT2D eigenvalue weighted by molar-refractivity contribution is 8.01. The summed E-state index contributed by atoms with van der Waals surface area (Å²) in [5.74, 6) is -3.18. The van der Waals surface area contributed by atoms with Crippen LogP contribution in [-0.2, 0) is 19.2 Å². The Kier molecular flexibility index (Phi) is 6.78. The molecular weight excluding hydrogens is 512 g/mol. The minimum absolute atomic E-state index is 0.113. The number of nitrogens with one attached hydrogen (secondary N) is 2. The third-order valence-corrected chi connectivity index (χ3v) is 8.71. The Balaban J connectivity index is 1.43. The molecule has 0 saturated carbocycles. The number of β-lactam (4-membered cyclic amide) rings is 1. The minimum atomic E-state index is -1.24. The molecule has 4 heterocycles. The maximum atomic E-state index is 12.7. The summed E-state index contributed by atoms with van der Waals surface area (Å²) in [6.45, 7) is 1.82. The number of rotatable bonds is 9. The van der Waals surface area contributed by atoms with E-state index in [-0.39, 0.29) is 16.5 Å². The molecule has 0 radical (unpaired) electrons. The molecule has 3 amide bonds. The fourth-order valence-electron chi connectivity index (χ4n) is 3.10. The molecule has 172 valence electrons. The fraction of sp³-hybridized carbons (Fsp3) is 0.294. The number of amides is 3. The summed E-state index contributed by atoms with van der Waals surface area (Å²) in [5.41, 5.74) is 0.283. The number of hydrogen-bond acceptors (Lipinski definition) is 12. The van der Waals surface area contributed by atoms with Crippen molar-refractivity contribution < 1.29 is 29.1 Å². The van der Waals surface area contributed by atoms with Crippen LogP contribution in [0.4, 0.5) is 5.13 Å². The van der Waals surface area contributed by atoms with Crippen LogP contribution in [0, 0.1) is 6.92 Å². The lowest BCUT2D eigenvalue weighted by molar-refractivity contribution is -0.150. The van der Waals surface area contributed by atoms with Crippen LogP contribution in [0.3, 0.4) is 0 Å². The second kappa shape index (κ2) is 9.58. The fourth-order valence-corrected chi connectivity index (χ4v) is 7.05. The van der Waals surface area contributed by atoms with Gasteiger partial charge in [0.1, 0.15) is 27.8 Å². The van der Waals surface area contributed by atoms with E-state index >= 15 is 0 Å². The molecule has 4 rings (SSSR count). The van der Waals surface area contributed by atoms with Crippen molar-refractivity contribution >= 4 is 81.3 Å². The molecule has 12 nitrogen and oxygen atoms in total. The Morgan fingerprint density at radius 2 is 2.15 bits per heavy atom. The SMILES string of the molecule is Cc1nnc(SCC2=C(C(=O)O)N3C(=O)C(NC(=O)C(=O)c4csc(NC=O)n4)[C@H]3SC2)s1. The van der Waals surface area contributed by atoms with Crippen molar-refractivity contribution in [3.05, 3.63) is 27.4 Å². The number of thioether (sulfide) groups is 2. The average molecular weight is 527 g/mol. The van der Waals surface area contributed by atoms with E-state index in [9.17, 15) is 29.1 Å². The van der Waals surface area contributed by atoms with E-state index in [0.717, 1.165) is 21.2 Å². The highest BCUT2D eigenvalue weighted by Gasteiger charge is 2.54. The lowest BCUT2D eigenvalue weighted by Gasteiger charge is -2.49. The molecule has 1 saturated heterocycles. The second-order valence-corrected chi connectivity index (χ2v) is 11.0. The predicted molar refractivity (Wildman–Crippen MR) is 121 cm³/mol. The van der Waals surface area contributed by atoms with Crippen LogP contribution < -0.4 is 10.6 Å². The van der Waals surface area contributed by atoms with Crippen LogP contribution in [0.15, 0.2) is 21.0 Å². The first-order valence-electron chi connectivity index (χ1n) is 9.14. The number of carbonyl (C=O) groups excluding carboxylic acids is 4. The van der Waals surface area contributed by atoms with Crippen LogP contribution >= 0.6 is 46.2 Å². The standard InChI is InChI=1S/C17H14N6O6S4/c1-6-21-22-17(33-6)32-3-7-2-30-14-9(13(27)23(14)10(7)15(28)29)20-12(26)11(25)8-4-31-16(19-8)18-5-24/h4-5,9,14H,2-3H2,1H3,(H,20,26)(H,28,29)(H,18,19,24)/t9?,14-/m1/s1. The van der Waals surface area contributed by atoms with E-state index < -0.39 is 35.0 Å². The van der Waals surface area contributed by atoms with Gasteiger partial charge in [0, 0.05) is 16.9 Å². The van der Waals surface area contributed by atoms with Crippen LogP contribution in [0.25, 0.3) is 0 Å². The van der Waals surface area contributed by atoms with Gasteiger partial charge in [-0.15, -0.1) is 33.3 Å². The van der Waals surface area contributed by atoms with E-state index in [0.29, 0.717) is 27.8 Å². The first-order chi connectivity index (χ1) is 15.8. The Hall–Kier alpha value is -2.82. The monoisotopic (exact) mass is 526 g/mol.